The smallest absolute Gasteiger partial charge is 0.256 e. The zero-order valence-corrected chi connectivity index (χ0v) is 15.6. The second-order valence-corrected chi connectivity index (χ2v) is 7.44. The molecule has 0 unspecified atom stereocenters. The molecule has 2 aliphatic rings. The number of morpholine rings is 1. The molecule has 7 heteroatoms. The van der Waals surface area contributed by atoms with Crippen LogP contribution in [0, 0.1) is 11.7 Å². The fourth-order valence-corrected chi connectivity index (χ4v) is 4.22. The van der Waals surface area contributed by atoms with Gasteiger partial charge in [-0.1, -0.05) is 11.6 Å². The topological polar surface area (TPSA) is 53.0 Å². The summed E-state index contributed by atoms with van der Waals surface area (Å²) in [6.45, 7) is 4.62. The van der Waals surface area contributed by atoms with Crippen molar-refractivity contribution in [3.05, 3.63) is 34.6 Å². The summed E-state index contributed by atoms with van der Waals surface area (Å²) in [5, 5.41) is 9.52. The third kappa shape index (κ3) is 4.55. The fraction of sp³-hybridized carbons (Fsp3) is 0.632. The summed E-state index contributed by atoms with van der Waals surface area (Å²) in [6.07, 6.45) is 2.42. The van der Waals surface area contributed by atoms with Crippen molar-refractivity contribution in [1.82, 2.24) is 9.80 Å². The first-order chi connectivity index (χ1) is 12.6. The van der Waals surface area contributed by atoms with Crippen LogP contribution in [0.15, 0.2) is 18.2 Å². The van der Waals surface area contributed by atoms with E-state index < -0.39 is 5.82 Å². The highest BCUT2D eigenvalue weighted by Crippen LogP contribution is 2.28. The summed E-state index contributed by atoms with van der Waals surface area (Å²) >= 11 is 5.79. The minimum absolute atomic E-state index is 0.0696. The Morgan fingerprint density at radius 1 is 1.31 bits per heavy atom. The van der Waals surface area contributed by atoms with E-state index in [1.807, 2.05) is 0 Å². The summed E-state index contributed by atoms with van der Waals surface area (Å²) in [5.41, 5.74) is 0.0696. The molecule has 0 aliphatic carbocycles. The van der Waals surface area contributed by atoms with Crippen LogP contribution >= 0.6 is 11.6 Å². The Balaban J connectivity index is 1.71. The Hall–Kier alpha value is -1.21. The van der Waals surface area contributed by atoms with Gasteiger partial charge in [-0.3, -0.25) is 9.69 Å². The zero-order chi connectivity index (χ0) is 18.5. The Bertz CT molecular complexity index is 625. The molecule has 26 heavy (non-hydrogen) atoms. The molecule has 2 saturated heterocycles. The summed E-state index contributed by atoms with van der Waals surface area (Å²) in [7, 11) is 0. The van der Waals surface area contributed by atoms with Crippen LogP contribution in [0.3, 0.4) is 0 Å². The van der Waals surface area contributed by atoms with E-state index in [0.29, 0.717) is 25.6 Å². The molecule has 3 rings (SSSR count). The van der Waals surface area contributed by atoms with E-state index in [2.05, 4.69) is 4.90 Å². The average Bonchev–Trinajstić information content (AvgIpc) is 2.66. The predicted molar refractivity (Wildman–Crippen MR) is 97.9 cm³/mol. The number of nitrogens with zero attached hydrogens (tertiary/aromatic N) is 2. The number of carbonyl (C=O) groups is 1. The fourth-order valence-electron chi connectivity index (χ4n) is 4.06. The molecule has 0 bridgehead atoms. The predicted octanol–water partition coefficient (Wildman–Crippen LogP) is 2.41. The SMILES string of the molecule is O=C(c1ccc(Cl)cc1F)N1CC[C@H](N2CCOCC2)[C@H](CCCO)C1. The van der Waals surface area contributed by atoms with Crippen molar-refractivity contribution >= 4 is 17.5 Å². The van der Waals surface area contributed by atoms with Gasteiger partial charge in [-0.15, -0.1) is 0 Å². The lowest BCUT2D eigenvalue weighted by Gasteiger charge is -2.45. The lowest BCUT2D eigenvalue weighted by Crippen LogP contribution is -2.55. The molecule has 0 radical (unpaired) electrons. The largest absolute Gasteiger partial charge is 0.396 e. The highest BCUT2D eigenvalue weighted by Gasteiger charge is 2.35. The quantitative estimate of drug-likeness (QED) is 0.847. The number of aliphatic hydroxyl groups is 1. The van der Waals surface area contributed by atoms with Crippen molar-refractivity contribution in [2.45, 2.75) is 25.3 Å². The van der Waals surface area contributed by atoms with Crippen LogP contribution in [-0.2, 0) is 4.74 Å². The van der Waals surface area contributed by atoms with E-state index >= 15 is 0 Å². The molecule has 2 heterocycles. The number of rotatable bonds is 5. The molecule has 5 nitrogen and oxygen atoms in total. The van der Waals surface area contributed by atoms with E-state index in [-0.39, 0.29) is 29.0 Å². The average molecular weight is 385 g/mol. The number of hydrogen-bond donors (Lipinski definition) is 1. The number of benzene rings is 1. The first kappa shape index (κ1) is 19.5. The highest BCUT2D eigenvalue weighted by molar-refractivity contribution is 6.30. The molecule has 1 amide bonds. The maximum absolute atomic E-state index is 14.1. The molecule has 2 aliphatic heterocycles. The van der Waals surface area contributed by atoms with E-state index in [0.717, 1.165) is 39.1 Å². The van der Waals surface area contributed by atoms with Gasteiger partial charge in [0.25, 0.3) is 5.91 Å². The third-order valence-corrected chi connectivity index (χ3v) is 5.63. The maximum Gasteiger partial charge on any atom is 0.256 e. The molecule has 1 aromatic carbocycles. The van der Waals surface area contributed by atoms with E-state index in [9.17, 15) is 14.3 Å². The lowest BCUT2D eigenvalue weighted by molar-refractivity contribution is -0.0197. The molecule has 2 fully saturated rings. The van der Waals surface area contributed by atoms with Crippen LogP contribution in [-0.4, -0.2) is 72.9 Å². The number of likely N-dealkylation sites (tertiary alicyclic amines) is 1. The first-order valence-corrected chi connectivity index (χ1v) is 9.65. The molecule has 0 spiro atoms. The van der Waals surface area contributed by atoms with Crippen molar-refractivity contribution in [2.24, 2.45) is 5.92 Å². The maximum atomic E-state index is 14.1. The number of halogens is 2. The van der Waals surface area contributed by atoms with Crippen molar-refractivity contribution in [1.29, 1.82) is 0 Å². The van der Waals surface area contributed by atoms with Gasteiger partial charge in [-0.25, -0.2) is 4.39 Å². The van der Waals surface area contributed by atoms with Crippen LogP contribution in [0.25, 0.3) is 0 Å². The monoisotopic (exact) mass is 384 g/mol. The summed E-state index contributed by atoms with van der Waals surface area (Å²) in [4.78, 5) is 17.0. The minimum atomic E-state index is -0.579. The Morgan fingerprint density at radius 2 is 2.08 bits per heavy atom. The molecule has 0 aromatic heterocycles. The summed E-state index contributed by atoms with van der Waals surface area (Å²) < 4.78 is 19.6. The highest BCUT2D eigenvalue weighted by atomic mass is 35.5. The second-order valence-electron chi connectivity index (χ2n) is 7.01. The number of piperidine rings is 1. The minimum Gasteiger partial charge on any atom is -0.396 e. The summed E-state index contributed by atoms with van der Waals surface area (Å²) in [6, 6.07) is 4.56. The number of ether oxygens (including phenoxy) is 1. The van der Waals surface area contributed by atoms with Gasteiger partial charge in [0.05, 0.1) is 18.8 Å². The normalized spacial score (nSPS) is 24.7. The Morgan fingerprint density at radius 3 is 2.77 bits per heavy atom. The molecular weight excluding hydrogens is 359 g/mol. The Kier molecular flexibility index (Phi) is 6.86. The standard InChI is InChI=1S/C19H26ClFN2O3/c20-15-3-4-16(17(21)12-15)19(25)23-6-5-18(14(13-23)2-1-9-24)22-7-10-26-11-8-22/h3-4,12,14,18,24H,1-2,5-11,13H2/t14-,18+/m1/s1. The zero-order valence-electron chi connectivity index (χ0n) is 14.9. The lowest BCUT2D eigenvalue weighted by atomic mass is 9.86. The number of hydrogen-bond acceptors (Lipinski definition) is 4. The van der Waals surface area contributed by atoms with Crippen molar-refractivity contribution in [3.8, 4) is 0 Å². The second kappa shape index (κ2) is 9.13. The van der Waals surface area contributed by atoms with Crippen LogP contribution in [0.4, 0.5) is 4.39 Å². The molecule has 1 aromatic rings. The van der Waals surface area contributed by atoms with Crippen LogP contribution in [0.2, 0.25) is 5.02 Å². The van der Waals surface area contributed by atoms with Crippen molar-refractivity contribution in [2.75, 3.05) is 46.0 Å². The Labute approximate surface area is 158 Å². The van der Waals surface area contributed by atoms with Gasteiger partial charge in [0.2, 0.25) is 0 Å². The van der Waals surface area contributed by atoms with E-state index in [4.69, 9.17) is 16.3 Å². The van der Waals surface area contributed by atoms with Crippen LogP contribution in [0.1, 0.15) is 29.6 Å². The van der Waals surface area contributed by atoms with E-state index in [1.54, 1.807) is 11.0 Å². The first-order valence-electron chi connectivity index (χ1n) is 9.27. The van der Waals surface area contributed by atoms with Gasteiger partial charge >= 0.3 is 0 Å². The third-order valence-electron chi connectivity index (χ3n) is 5.39. The number of amides is 1. The van der Waals surface area contributed by atoms with Gasteiger partial charge in [-0.2, -0.15) is 0 Å². The van der Waals surface area contributed by atoms with Gasteiger partial charge in [0.15, 0.2) is 0 Å². The number of aliphatic hydroxyl groups excluding tert-OH is 1. The van der Waals surface area contributed by atoms with E-state index in [1.165, 1.54) is 12.1 Å². The molecule has 144 valence electrons. The van der Waals surface area contributed by atoms with Gasteiger partial charge in [0.1, 0.15) is 5.82 Å². The van der Waals surface area contributed by atoms with Gasteiger partial charge in [0, 0.05) is 43.9 Å². The van der Waals surface area contributed by atoms with Crippen molar-refractivity contribution in [3.63, 3.8) is 0 Å². The molecule has 1 N–H and O–H groups in total. The summed E-state index contributed by atoms with van der Waals surface area (Å²) in [5.74, 6) is -0.591. The van der Waals surface area contributed by atoms with Gasteiger partial charge in [-0.05, 0) is 43.4 Å². The van der Waals surface area contributed by atoms with Crippen LogP contribution < -0.4 is 0 Å². The molecular formula is C19H26ClFN2O3. The molecule has 0 saturated carbocycles. The van der Waals surface area contributed by atoms with Crippen molar-refractivity contribution < 1.29 is 19.0 Å². The van der Waals surface area contributed by atoms with Gasteiger partial charge < -0.3 is 14.7 Å². The van der Waals surface area contributed by atoms with Crippen LogP contribution in [0.5, 0.6) is 0 Å². The molecule has 2 atom stereocenters. The number of carbonyl (C=O) groups excluding carboxylic acids is 1.